The van der Waals surface area contributed by atoms with Crippen molar-refractivity contribution in [1.29, 1.82) is 0 Å². The molecule has 0 N–H and O–H groups in total. The quantitative estimate of drug-likeness (QED) is 0.542. The molecule has 3 rings (SSSR count). The number of rotatable bonds is 6. The Morgan fingerprint density at radius 1 is 1.23 bits per heavy atom. The SMILES string of the molecule is COc1cc(OC)c(OC)cc1/C=C1\SC(=S)N(CC2CCCO2)C1=O. The van der Waals surface area contributed by atoms with E-state index in [2.05, 4.69) is 0 Å². The molecule has 8 heteroatoms. The van der Waals surface area contributed by atoms with E-state index in [1.807, 2.05) is 0 Å². The summed E-state index contributed by atoms with van der Waals surface area (Å²) in [6.45, 7) is 1.25. The van der Waals surface area contributed by atoms with Crippen molar-refractivity contribution in [2.24, 2.45) is 0 Å². The maximum Gasteiger partial charge on any atom is 0.266 e. The van der Waals surface area contributed by atoms with Gasteiger partial charge in [-0.25, -0.2) is 0 Å². The van der Waals surface area contributed by atoms with E-state index in [1.54, 1.807) is 44.4 Å². The van der Waals surface area contributed by atoms with Crippen LogP contribution >= 0.6 is 24.0 Å². The molecule has 0 aliphatic carbocycles. The highest BCUT2D eigenvalue weighted by atomic mass is 32.2. The third kappa shape index (κ3) is 3.82. The topological polar surface area (TPSA) is 57.2 Å². The number of benzene rings is 1. The van der Waals surface area contributed by atoms with E-state index >= 15 is 0 Å². The average molecular weight is 396 g/mol. The number of nitrogens with zero attached hydrogens (tertiary/aromatic N) is 1. The maximum absolute atomic E-state index is 12.8. The van der Waals surface area contributed by atoms with Crippen LogP contribution in [-0.4, -0.2) is 55.7 Å². The molecule has 2 aliphatic heterocycles. The van der Waals surface area contributed by atoms with E-state index in [1.165, 1.54) is 11.8 Å². The Hall–Kier alpha value is -1.77. The van der Waals surface area contributed by atoms with Crippen LogP contribution in [0.4, 0.5) is 0 Å². The molecule has 2 saturated heterocycles. The first-order valence-electron chi connectivity index (χ1n) is 8.24. The molecule has 1 aromatic carbocycles. The van der Waals surface area contributed by atoms with E-state index in [0.29, 0.717) is 33.0 Å². The van der Waals surface area contributed by atoms with E-state index in [0.717, 1.165) is 25.0 Å². The van der Waals surface area contributed by atoms with Gasteiger partial charge in [0.2, 0.25) is 0 Å². The number of thiocarbonyl (C=S) groups is 1. The van der Waals surface area contributed by atoms with Gasteiger partial charge in [-0.05, 0) is 25.0 Å². The van der Waals surface area contributed by atoms with Gasteiger partial charge in [-0.15, -0.1) is 0 Å². The van der Waals surface area contributed by atoms with Crippen LogP contribution in [0, 0.1) is 0 Å². The predicted octanol–water partition coefficient (Wildman–Crippen LogP) is 3.09. The molecule has 0 spiro atoms. The Morgan fingerprint density at radius 3 is 2.54 bits per heavy atom. The van der Waals surface area contributed by atoms with Gasteiger partial charge in [-0.2, -0.15) is 0 Å². The van der Waals surface area contributed by atoms with Crippen LogP contribution in [0.25, 0.3) is 6.08 Å². The highest BCUT2D eigenvalue weighted by Crippen LogP contribution is 2.39. The number of hydrogen-bond donors (Lipinski definition) is 0. The fourth-order valence-corrected chi connectivity index (χ4v) is 4.22. The summed E-state index contributed by atoms with van der Waals surface area (Å²) in [7, 11) is 4.70. The van der Waals surface area contributed by atoms with Crippen molar-refractivity contribution in [3.8, 4) is 17.2 Å². The standard InChI is InChI=1S/C18H21NO5S2/c1-21-13-9-15(23-3)14(22-2)7-11(13)8-16-17(20)19(18(25)26-16)10-12-5-4-6-24-12/h7-9,12H,4-6,10H2,1-3H3/b16-8-. The van der Waals surface area contributed by atoms with Crippen molar-refractivity contribution in [1.82, 2.24) is 4.90 Å². The highest BCUT2D eigenvalue weighted by molar-refractivity contribution is 8.26. The lowest BCUT2D eigenvalue weighted by Gasteiger charge is -2.18. The number of carbonyl (C=O) groups is 1. The van der Waals surface area contributed by atoms with Crippen molar-refractivity contribution in [2.45, 2.75) is 18.9 Å². The van der Waals surface area contributed by atoms with Crippen LogP contribution in [0.5, 0.6) is 17.2 Å². The predicted molar refractivity (Wildman–Crippen MR) is 105 cm³/mol. The Balaban J connectivity index is 1.87. The molecular weight excluding hydrogens is 374 g/mol. The molecule has 26 heavy (non-hydrogen) atoms. The fraction of sp³-hybridized carbons (Fsp3) is 0.444. The van der Waals surface area contributed by atoms with Crippen LogP contribution < -0.4 is 14.2 Å². The summed E-state index contributed by atoms with van der Waals surface area (Å²) < 4.78 is 22.2. The second-order valence-corrected chi connectivity index (χ2v) is 7.55. The average Bonchev–Trinajstić information content (AvgIpc) is 3.25. The number of ether oxygens (including phenoxy) is 4. The minimum atomic E-state index is -0.104. The second kappa shape index (κ2) is 8.28. The van der Waals surface area contributed by atoms with Crippen molar-refractivity contribution in [2.75, 3.05) is 34.5 Å². The third-order valence-electron chi connectivity index (χ3n) is 4.31. The molecule has 1 amide bonds. The lowest BCUT2D eigenvalue weighted by atomic mass is 10.1. The normalized spacial score (nSPS) is 21.6. The van der Waals surface area contributed by atoms with E-state index < -0.39 is 0 Å². The largest absolute Gasteiger partial charge is 0.496 e. The molecule has 2 aliphatic rings. The zero-order valence-corrected chi connectivity index (χ0v) is 16.6. The molecule has 2 heterocycles. The third-order valence-corrected chi connectivity index (χ3v) is 5.68. The molecule has 1 unspecified atom stereocenters. The van der Waals surface area contributed by atoms with E-state index in [4.69, 9.17) is 31.2 Å². The lowest BCUT2D eigenvalue weighted by Crippen LogP contribution is -2.35. The molecule has 140 valence electrons. The molecular formula is C18H21NO5S2. The van der Waals surface area contributed by atoms with Crippen LogP contribution in [0.2, 0.25) is 0 Å². The van der Waals surface area contributed by atoms with Gasteiger partial charge in [-0.1, -0.05) is 24.0 Å². The maximum atomic E-state index is 12.8. The van der Waals surface area contributed by atoms with Gasteiger partial charge in [0.05, 0.1) is 38.9 Å². The van der Waals surface area contributed by atoms with Crippen molar-refractivity contribution >= 4 is 40.3 Å². The van der Waals surface area contributed by atoms with E-state index in [9.17, 15) is 4.79 Å². The first kappa shape index (κ1) is 19.0. The number of hydrogen-bond acceptors (Lipinski definition) is 7. The summed E-state index contributed by atoms with van der Waals surface area (Å²) in [5, 5.41) is 0. The van der Waals surface area contributed by atoms with Crippen LogP contribution in [0.3, 0.4) is 0 Å². The molecule has 1 aromatic rings. The van der Waals surface area contributed by atoms with Gasteiger partial charge >= 0.3 is 0 Å². The fourth-order valence-electron chi connectivity index (χ4n) is 2.96. The zero-order chi connectivity index (χ0) is 18.7. The van der Waals surface area contributed by atoms with Gasteiger partial charge < -0.3 is 18.9 Å². The Kier molecular flexibility index (Phi) is 6.05. The van der Waals surface area contributed by atoms with Gasteiger partial charge in [-0.3, -0.25) is 9.69 Å². The molecule has 0 aromatic heterocycles. The zero-order valence-electron chi connectivity index (χ0n) is 14.9. The minimum absolute atomic E-state index is 0.0625. The summed E-state index contributed by atoms with van der Waals surface area (Å²) >= 11 is 6.68. The summed E-state index contributed by atoms with van der Waals surface area (Å²) in [4.78, 5) is 15.0. The molecule has 2 fully saturated rings. The van der Waals surface area contributed by atoms with Gasteiger partial charge in [0.1, 0.15) is 10.1 Å². The molecule has 0 radical (unpaired) electrons. The monoisotopic (exact) mass is 395 g/mol. The van der Waals surface area contributed by atoms with Crippen molar-refractivity contribution in [3.05, 3.63) is 22.6 Å². The Labute approximate surface area is 162 Å². The number of carbonyl (C=O) groups excluding carboxylic acids is 1. The first-order valence-corrected chi connectivity index (χ1v) is 9.46. The van der Waals surface area contributed by atoms with Crippen molar-refractivity contribution < 1.29 is 23.7 Å². The molecule has 1 atom stereocenters. The van der Waals surface area contributed by atoms with Gasteiger partial charge in [0, 0.05) is 18.2 Å². The first-order chi connectivity index (χ1) is 12.6. The number of amides is 1. The summed E-state index contributed by atoms with van der Waals surface area (Å²) in [6.07, 6.45) is 3.82. The lowest BCUT2D eigenvalue weighted by molar-refractivity contribution is -0.123. The van der Waals surface area contributed by atoms with E-state index in [-0.39, 0.29) is 12.0 Å². The Morgan fingerprint density at radius 2 is 1.92 bits per heavy atom. The summed E-state index contributed by atoms with van der Waals surface area (Å²) in [5.41, 5.74) is 0.725. The Bertz CT molecular complexity index is 743. The highest BCUT2D eigenvalue weighted by Gasteiger charge is 2.34. The van der Waals surface area contributed by atoms with Gasteiger partial charge in [0.15, 0.2) is 11.5 Å². The summed E-state index contributed by atoms with van der Waals surface area (Å²) in [6, 6.07) is 3.52. The van der Waals surface area contributed by atoms with Crippen molar-refractivity contribution in [3.63, 3.8) is 0 Å². The van der Waals surface area contributed by atoms with Gasteiger partial charge in [0.25, 0.3) is 5.91 Å². The second-order valence-electron chi connectivity index (χ2n) is 5.88. The molecule has 6 nitrogen and oxygen atoms in total. The minimum Gasteiger partial charge on any atom is -0.496 e. The number of thioether (sulfide) groups is 1. The number of methoxy groups -OCH3 is 3. The van der Waals surface area contributed by atoms with Crippen LogP contribution in [0.15, 0.2) is 17.0 Å². The summed E-state index contributed by atoms with van der Waals surface area (Å²) in [5.74, 6) is 1.61. The smallest absolute Gasteiger partial charge is 0.266 e. The molecule has 0 saturated carbocycles. The van der Waals surface area contributed by atoms with Crippen LogP contribution in [-0.2, 0) is 9.53 Å². The molecule has 0 bridgehead atoms. The van der Waals surface area contributed by atoms with Crippen LogP contribution in [0.1, 0.15) is 18.4 Å².